The number of methoxy groups -OCH3 is 2. The van der Waals surface area contributed by atoms with Crippen molar-refractivity contribution in [3.05, 3.63) is 53.9 Å². The van der Waals surface area contributed by atoms with Gasteiger partial charge in [-0.05, 0) is 29.8 Å². The Balaban J connectivity index is 1.64. The number of carbonyl (C=O) groups is 1. The molecule has 2 heterocycles. The van der Waals surface area contributed by atoms with Gasteiger partial charge in [0, 0.05) is 30.9 Å². The number of oxime groups is 1. The summed E-state index contributed by atoms with van der Waals surface area (Å²) in [6, 6.07) is 9.13. The summed E-state index contributed by atoms with van der Waals surface area (Å²) in [7, 11) is 3.17. The van der Waals surface area contributed by atoms with Gasteiger partial charge in [-0.15, -0.1) is 0 Å². The topological polar surface area (TPSA) is 82.0 Å². The zero-order valence-electron chi connectivity index (χ0n) is 14.1. The molecule has 7 nitrogen and oxygen atoms in total. The first-order valence-electron chi connectivity index (χ1n) is 7.83. The molecular weight excluding hydrogens is 322 g/mol. The van der Waals surface area contributed by atoms with E-state index in [9.17, 15) is 4.79 Å². The van der Waals surface area contributed by atoms with Gasteiger partial charge in [0.1, 0.15) is 11.5 Å². The number of carbonyl (C=O) groups excluding carboxylic acids is 1. The fourth-order valence-electron chi connectivity index (χ4n) is 2.52. The van der Waals surface area contributed by atoms with Gasteiger partial charge in [0.15, 0.2) is 0 Å². The van der Waals surface area contributed by atoms with Gasteiger partial charge in [0.2, 0.25) is 6.10 Å². The molecule has 1 N–H and O–H groups in total. The summed E-state index contributed by atoms with van der Waals surface area (Å²) in [5.74, 6) is 1.12. The molecule has 2 aromatic rings. The van der Waals surface area contributed by atoms with Crippen LogP contribution in [0.3, 0.4) is 0 Å². The van der Waals surface area contributed by atoms with E-state index in [0.29, 0.717) is 30.2 Å². The summed E-state index contributed by atoms with van der Waals surface area (Å²) < 4.78 is 10.6. The first-order chi connectivity index (χ1) is 12.2. The molecule has 0 spiro atoms. The van der Waals surface area contributed by atoms with Crippen LogP contribution in [0.4, 0.5) is 0 Å². The second-order valence-electron chi connectivity index (χ2n) is 5.48. The van der Waals surface area contributed by atoms with Gasteiger partial charge < -0.3 is 19.6 Å². The van der Waals surface area contributed by atoms with Gasteiger partial charge in [-0.25, -0.2) is 0 Å². The van der Waals surface area contributed by atoms with Crippen LogP contribution in [-0.2, 0) is 16.2 Å². The van der Waals surface area contributed by atoms with Crippen LogP contribution in [0.25, 0.3) is 0 Å². The van der Waals surface area contributed by atoms with Gasteiger partial charge in [-0.1, -0.05) is 11.2 Å². The van der Waals surface area contributed by atoms with E-state index in [4.69, 9.17) is 14.3 Å². The molecule has 1 aromatic carbocycles. The van der Waals surface area contributed by atoms with Gasteiger partial charge in [0.25, 0.3) is 5.91 Å². The number of amides is 1. The normalized spacial score (nSPS) is 15.9. The molecule has 1 aromatic heterocycles. The Bertz CT molecular complexity index is 777. The van der Waals surface area contributed by atoms with Crippen LogP contribution in [0, 0.1) is 0 Å². The van der Waals surface area contributed by atoms with E-state index in [1.54, 1.807) is 38.7 Å². The Hall–Kier alpha value is -3.09. The lowest BCUT2D eigenvalue weighted by Crippen LogP contribution is -2.34. The number of hydrogen-bond donors (Lipinski definition) is 1. The number of hydrogen-bond acceptors (Lipinski definition) is 6. The monoisotopic (exact) mass is 341 g/mol. The van der Waals surface area contributed by atoms with E-state index < -0.39 is 6.10 Å². The summed E-state index contributed by atoms with van der Waals surface area (Å²) in [6.07, 6.45) is 3.09. The van der Waals surface area contributed by atoms with Crippen molar-refractivity contribution in [3.8, 4) is 11.5 Å². The third kappa shape index (κ3) is 3.88. The molecule has 1 amide bonds. The standard InChI is InChI=1S/C18H19N3O4/c1-23-13-5-6-16(24-2)14(8-13)15-9-17(25-21-15)18(22)20-11-12-4-3-7-19-10-12/h3-8,10,17H,9,11H2,1-2H3,(H,20,22)/t17-/m1/s1. The number of rotatable bonds is 6. The van der Waals surface area contributed by atoms with Crippen LogP contribution >= 0.6 is 0 Å². The van der Waals surface area contributed by atoms with E-state index >= 15 is 0 Å². The highest BCUT2D eigenvalue weighted by molar-refractivity contribution is 6.06. The minimum Gasteiger partial charge on any atom is -0.497 e. The van der Waals surface area contributed by atoms with Gasteiger partial charge in [-0.3, -0.25) is 9.78 Å². The van der Waals surface area contributed by atoms with E-state index in [-0.39, 0.29) is 5.91 Å². The molecule has 3 rings (SSSR count). The maximum Gasteiger partial charge on any atom is 0.264 e. The molecular formula is C18H19N3O4. The second-order valence-corrected chi connectivity index (χ2v) is 5.48. The van der Waals surface area contributed by atoms with Crippen molar-refractivity contribution in [2.75, 3.05) is 14.2 Å². The Labute approximate surface area is 145 Å². The Morgan fingerprint density at radius 1 is 1.32 bits per heavy atom. The van der Waals surface area contributed by atoms with Crippen molar-refractivity contribution in [2.45, 2.75) is 19.1 Å². The lowest BCUT2D eigenvalue weighted by molar-refractivity contribution is -0.131. The molecule has 0 radical (unpaired) electrons. The minimum atomic E-state index is -0.664. The summed E-state index contributed by atoms with van der Waals surface area (Å²) in [5, 5.41) is 6.89. The van der Waals surface area contributed by atoms with Gasteiger partial charge in [-0.2, -0.15) is 0 Å². The SMILES string of the molecule is COc1ccc(OC)c(C2=NO[C@@H](C(=O)NCc3cccnc3)C2)c1. The fraction of sp³-hybridized carbons (Fsp3) is 0.278. The van der Waals surface area contributed by atoms with Crippen molar-refractivity contribution in [2.24, 2.45) is 5.16 Å². The molecule has 25 heavy (non-hydrogen) atoms. The van der Waals surface area contributed by atoms with Crippen molar-refractivity contribution in [1.29, 1.82) is 0 Å². The van der Waals surface area contributed by atoms with Gasteiger partial charge in [0.05, 0.1) is 19.9 Å². The first kappa shape index (κ1) is 16.8. The molecule has 0 aliphatic carbocycles. The molecule has 130 valence electrons. The van der Waals surface area contributed by atoms with E-state index in [0.717, 1.165) is 11.1 Å². The highest BCUT2D eigenvalue weighted by Gasteiger charge is 2.30. The predicted molar refractivity (Wildman–Crippen MR) is 91.7 cm³/mol. The molecule has 0 bridgehead atoms. The lowest BCUT2D eigenvalue weighted by Gasteiger charge is -2.11. The number of ether oxygens (including phenoxy) is 2. The average Bonchev–Trinajstić information content (AvgIpc) is 3.16. The highest BCUT2D eigenvalue weighted by atomic mass is 16.6. The van der Waals surface area contributed by atoms with E-state index in [1.807, 2.05) is 18.2 Å². The molecule has 7 heteroatoms. The number of benzene rings is 1. The summed E-state index contributed by atoms with van der Waals surface area (Å²) in [6.45, 7) is 0.393. The van der Waals surface area contributed by atoms with Crippen LogP contribution in [0.5, 0.6) is 11.5 Å². The largest absolute Gasteiger partial charge is 0.497 e. The van der Waals surface area contributed by atoms with E-state index in [2.05, 4.69) is 15.5 Å². The third-order valence-corrected chi connectivity index (χ3v) is 3.87. The zero-order chi connectivity index (χ0) is 17.6. The van der Waals surface area contributed by atoms with E-state index in [1.165, 1.54) is 0 Å². The number of aromatic nitrogens is 1. The van der Waals surface area contributed by atoms with Crippen LogP contribution in [0.2, 0.25) is 0 Å². The smallest absolute Gasteiger partial charge is 0.264 e. The summed E-state index contributed by atoms with van der Waals surface area (Å²) in [5.41, 5.74) is 2.33. The lowest BCUT2D eigenvalue weighted by atomic mass is 10.0. The maximum absolute atomic E-state index is 12.3. The number of pyridine rings is 1. The molecule has 1 atom stereocenters. The fourth-order valence-corrected chi connectivity index (χ4v) is 2.52. The molecule has 0 fully saturated rings. The summed E-state index contributed by atoms with van der Waals surface area (Å²) >= 11 is 0. The quantitative estimate of drug-likeness (QED) is 0.868. The molecule has 1 aliphatic heterocycles. The number of nitrogens with one attached hydrogen (secondary N) is 1. The van der Waals surface area contributed by atoms with Crippen molar-refractivity contribution in [1.82, 2.24) is 10.3 Å². The Morgan fingerprint density at radius 3 is 2.92 bits per heavy atom. The van der Waals surface area contributed by atoms with Crippen molar-refractivity contribution in [3.63, 3.8) is 0 Å². The Kier molecular flexibility index (Phi) is 5.13. The van der Waals surface area contributed by atoms with Crippen LogP contribution in [0.1, 0.15) is 17.5 Å². The minimum absolute atomic E-state index is 0.218. The zero-order valence-corrected chi connectivity index (χ0v) is 14.1. The first-order valence-corrected chi connectivity index (χ1v) is 7.83. The van der Waals surface area contributed by atoms with Crippen molar-refractivity contribution >= 4 is 11.6 Å². The average molecular weight is 341 g/mol. The second kappa shape index (κ2) is 7.65. The predicted octanol–water partition coefficient (Wildman–Crippen LogP) is 1.91. The summed E-state index contributed by atoms with van der Waals surface area (Å²) in [4.78, 5) is 21.6. The maximum atomic E-state index is 12.3. The van der Waals surface area contributed by atoms with Crippen molar-refractivity contribution < 1.29 is 19.1 Å². The van der Waals surface area contributed by atoms with Crippen LogP contribution in [0.15, 0.2) is 47.9 Å². The van der Waals surface area contributed by atoms with Crippen LogP contribution in [-0.4, -0.2) is 36.9 Å². The molecule has 0 saturated heterocycles. The van der Waals surface area contributed by atoms with Gasteiger partial charge >= 0.3 is 0 Å². The third-order valence-electron chi connectivity index (χ3n) is 3.87. The number of nitrogens with zero attached hydrogens (tertiary/aromatic N) is 2. The molecule has 1 aliphatic rings. The Morgan fingerprint density at radius 2 is 2.20 bits per heavy atom. The molecule has 0 unspecified atom stereocenters. The van der Waals surface area contributed by atoms with Crippen LogP contribution < -0.4 is 14.8 Å². The highest BCUT2D eigenvalue weighted by Crippen LogP contribution is 2.28. The molecule has 0 saturated carbocycles.